The van der Waals surface area contributed by atoms with Gasteiger partial charge in [0.25, 0.3) is 0 Å². The van der Waals surface area contributed by atoms with E-state index < -0.39 is 23.2 Å². The molecule has 2 rings (SSSR count). The molecular weight excluding hydrogens is 287 g/mol. The van der Waals surface area contributed by atoms with Gasteiger partial charge in [-0.1, -0.05) is 6.92 Å². The molecule has 1 fully saturated rings. The Hall–Kier alpha value is -1.57. The van der Waals surface area contributed by atoms with Gasteiger partial charge in [0.1, 0.15) is 5.54 Å². The summed E-state index contributed by atoms with van der Waals surface area (Å²) in [6.45, 7) is 2.30. The summed E-state index contributed by atoms with van der Waals surface area (Å²) in [5.74, 6) is -0.961. The molecule has 2 atom stereocenters. The number of carboxylic acid groups (broad SMARTS) is 1. The summed E-state index contributed by atoms with van der Waals surface area (Å²) in [6.07, 6.45) is -0.739. The smallest absolute Gasteiger partial charge is 0.419 e. The predicted molar refractivity (Wildman–Crippen MR) is 68.8 cm³/mol. The third kappa shape index (κ3) is 3.20. The molecule has 2 N–H and O–H groups in total. The van der Waals surface area contributed by atoms with Crippen LogP contribution in [0, 0.1) is 0 Å². The molecule has 2 unspecified atom stereocenters. The summed E-state index contributed by atoms with van der Waals surface area (Å²) < 4.78 is 39.1. The number of nitrogens with one attached hydrogen (secondary N) is 1. The molecule has 0 saturated heterocycles. The van der Waals surface area contributed by atoms with Crippen LogP contribution in [-0.4, -0.2) is 32.9 Å². The number of alkyl halides is 3. The van der Waals surface area contributed by atoms with Gasteiger partial charge in [-0.05, 0) is 32.2 Å². The minimum Gasteiger partial charge on any atom is -0.480 e. The third-order valence-corrected chi connectivity index (χ3v) is 3.95. The van der Waals surface area contributed by atoms with Crippen LogP contribution in [-0.2, 0) is 11.0 Å². The first-order valence-corrected chi connectivity index (χ1v) is 6.88. The first-order valence-electron chi connectivity index (χ1n) is 6.88. The van der Waals surface area contributed by atoms with Crippen LogP contribution >= 0.6 is 0 Å². The van der Waals surface area contributed by atoms with Gasteiger partial charge in [0.2, 0.25) is 0 Å². The summed E-state index contributed by atoms with van der Waals surface area (Å²) in [5.41, 5.74) is -1.89. The van der Waals surface area contributed by atoms with Crippen LogP contribution in [0.5, 0.6) is 0 Å². The van der Waals surface area contributed by atoms with Gasteiger partial charge in [0.05, 0.1) is 17.8 Å². The molecule has 0 aromatic carbocycles. The first kappa shape index (κ1) is 15.8. The quantitative estimate of drug-likeness (QED) is 0.896. The monoisotopic (exact) mass is 305 g/mol. The first-order chi connectivity index (χ1) is 9.78. The van der Waals surface area contributed by atoms with E-state index in [0.717, 1.165) is 12.4 Å². The number of hydrogen-bond acceptors (Lipinski definition) is 3. The molecule has 0 amide bonds. The molecule has 118 valence electrons. The van der Waals surface area contributed by atoms with Gasteiger partial charge in [-0.3, -0.25) is 9.48 Å². The molecule has 0 radical (unpaired) electrons. The van der Waals surface area contributed by atoms with Crippen molar-refractivity contribution in [3.63, 3.8) is 0 Å². The van der Waals surface area contributed by atoms with E-state index >= 15 is 0 Å². The normalized spacial score (nSPS) is 26.8. The Labute approximate surface area is 120 Å². The van der Waals surface area contributed by atoms with E-state index in [0.29, 0.717) is 25.8 Å². The Morgan fingerprint density at radius 3 is 2.86 bits per heavy atom. The second-order valence-corrected chi connectivity index (χ2v) is 5.37. The number of aromatic nitrogens is 2. The van der Waals surface area contributed by atoms with Crippen LogP contribution in [0.3, 0.4) is 0 Å². The zero-order chi connectivity index (χ0) is 15.7. The lowest BCUT2D eigenvalue weighted by molar-refractivity contribution is -0.147. The fourth-order valence-electron chi connectivity index (χ4n) is 2.92. The molecule has 1 aromatic heterocycles. The second-order valence-electron chi connectivity index (χ2n) is 5.37. The predicted octanol–water partition coefficient (Wildman–Crippen LogP) is 2.45. The van der Waals surface area contributed by atoms with Gasteiger partial charge in [-0.15, -0.1) is 0 Å². The van der Waals surface area contributed by atoms with Gasteiger partial charge in [0, 0.05) is 6.20 Å². The van der Waals surface area contributed by atoms with Crippen molar-refractivity contribution in [2.45, 2.75) is 50.4 Å². The Morgan fingerprint density at radius 1 is 1.62 bits per heavy atom. The van der Waals surface area contributed by atoms with Gasteiger partial charge < -0.3 is 10.4 Å². The van der Waals surface area contributed by atoms with Gasteiger partial charge >= 0.3 is 12.1 Å². The van der Waals surface area contributed by atoms with Crippen LogP contribution < -0.4 is 5.32 Å². The number of likely N-dealkylation sites (N-methyl/N-ethyl adjacent to an activating group) is 1. The van der Waals surface area contributed by atoms with E-state index in [1.165, 1.54) is 4.68 Å². The largest absolute Gasteiger partial charge is 0.480 e. The summed E-state index contributed by atoms with van der Waals surface area (Å²) in [7, 11) is 0. The Morgan fingerprint density at radius 2 is 2.33 bits per heavy atom. The molecule has 0 bridgehead atoms. The molecular formula is C13H18F3N3O2. The lowest BCUT2D eigenvalue weighted by atomic mass is 9.79. The van der Waals surface area contributed by atoms with Crippen molar-refractivity contribution in [2.24, 2.45) is 0 Å². The number of rotatable bonds is 4. The van der Waals surface area contributed by atoms with Gasteiger partial charge in [0.15, 0.2) is 0 Å². The maximum absolute atomic E-state index is 12.6. The highest BCUT2D eigenvalue weighted by atomic mass is 19.4. The van der Waals surface area contributed by atoms with Crippen molar-refractivity contribution in [2.75, 3.05) is 6.54 Å². The van der Waals surface area contributed by atoms with Crippen molar-refractivity contribution in [3.8, 4) is 0 Å². The van der Waals surface area contributed by atoms with E-state index in [4.69, 9.17) is 0 Å². The van der Waals surface area contributed by atoms with Crippen LogP contribution in [0.4, 0.5) is 13.2 Å². The number of nitrogens with zero attached hydrogens (tertiary/aromatic N) is 2. The maximum atomic E-state index is 12.6. The molecule has 5 nitrogen and oxygen atoms in total. The molecule has 1 aliphatic rings. The summed E-state index contributed by atoms with van der Waals surface area (Å²) in [4.78, 5) is 11.5. The molecule has 1 saturated carbocycles. The van der Waals surface area contributed by atoms with E-state index in [1.807, 2.05) is 6.92 Å². The molecule has 0 spiro atoms. The Balaban J connectivity index is 2.21. The van der Waals surface area contributed by atoms with E-state index in [-0.39, 0.29) is 12.5 Å². The second kappa shape index (κ2) is 5.67. The standard InChI is InChI=1S/C13H18F3N3O2/c1-2-17-12(11(20)21)5-3-4-10(6-12)19-8-9(7-18-19)13(14,15)16/h7-8,10,17H,2-6H2,1H3,(H,20,21). The number of aliphatic carboxylic acids is 1. The Bertz CT molecular complexity index is 511. The molecule has 1 aromatic rings. The lowest BCUT2D eigenvalue weighted by Gasteiger charge is -2.38. The number of carboxylic acids is 1. The van der Waals surface area contributed by atoms with Crippen molar-refractivity contribution in [1.29, 1.82) is 0 Å². The summed E-state index contributed by atoms with van der Waals surface area (Å²) in [6, 6.07) is -0.343. The third-order valence-electron chi connectivity index (χ3n) is 3.95. The van der Waals surface area contributed by atoms with Crippen LogP contribution in [0.15, 0.2) is 12.4 Å². The molecule has 1 heterocycles. The SMILES string of the molecule is CCNC1(C(=O)O)CCCC(n2cc(C(F)(F)F)cn2)C1. The molecule has 8 heteroatoms. The van der Waals surface area contributed by atoms with Crippen LogP contribution in [0.1, 0.15) is 44.2 Å². The van der Waals surface area contributed by atoms with Crippen LogP contribution in [0.2, 0.25) is 0 Å². The number of carbonyl (C=O) groups is 1. The summed E-state index contributed by atoms with van der Waals surface area (Å²) in [5, 5.41) is 16.2. The van der Waals surface area contributed by atoms with Crippen molar-refractivity contribution in [1.82, 2.24) is 15.1 Å². The van der Waals surface area contributed by atoms with Crippen molar-refractivity contribution < 1.29 is 23.1 Å². The maximum Gasteiger partial charge on any atom is 0.419 e. The fourth-order valence-corrected chi connectivity index (χ4v) is 2.92. The molecule has 1 aliphatic carbocycles. The van der Waals surface area contributed by atoms with E-state index in [1.54, 1.807) is 0 Å². The number of halogens is 3. The average molecular weight is 305 g/mol. The molecule has 0 aliphatic heterocycles. The van der Waals surface area contributed by atoms with Gasteiger partial charge in [-0.25, -0.2) is 0 Å². The lowest BCUT2D eigenvalue weighted by Crippen LogP contribution is -2.55. The highest BCUT2D eigenvalue weighted by Gasteiger charge is 2.43. The average Bonchev–Trinajstić information content (AvgIpc) is 2.88. The minimum atomic E-state index is -4.43. The number of hydrogen-bond donors (Lipinski definition) is 2. The van der Waals surface area contributed by atoms with E-state index in [2.05, 4.69) is 10.4 Å². The van der Waals surface area contributed by atoms with E-state index in [9.17, 15) is 23.1 Å². The summed E-state index contributed by atoms with van der Waals surface area (Å²) >= 11 is 0. The Kier molecular flexibility index (Phi) is 4.27. The zero-order valence-corrected chi connectivity index (χ0v) is 11.7. The fraction of sp³-hybridized carbons (Fsp3) is 0.692. The highest BCUT2D eigenvalue weighted by Crippen LogP contribution is 2.37. The topological polar surface area (TPSA) is 67.2 Å². The van der Waals surface area contributed by atoms with Crippen LogP contribution in [0.25, 0.3) is 0 Å². The molecule has 21 heavy (non-hydrogen) atoms. The minimum absolute atomic E-state index is 0.231. The highest BCUT2D eigenvalue weighted by molar-refractivity contribution is 5.79. The van der Waals surface area contributed by atoms with Crippen molar-refractivity contribution in [3.05, 3.63) is 18.0 Å². The zero-order valence-electron chi connectivity index (χ0n) is 11.7. The van der Waals surface area contributed by atoms with Gasteiger partial charge in [-0.2, -0.15) is 18.3 Å². The van der Waals surface area contributed by atoms with Crippen molar-refractivity contribution >= 4 is 5.97 Å².